The van der Waals surface area contributed by atoms with Gasteiger partial charge in [0.05, 0.1) is 23.9 Å². The number of rotatable bonds is 5. The Morgan fingerprint density at radius 3 is 2.56 bits per heavy atom. The van der Waals surface area contributed by atoms with E-state index in [9.17, 15) is 14.4 Å². The summed E-state index contributed by atoms with van der Waals surface area (Å²) in [6.07, 6.45) is 3.52. The van der Waals surface area contributed by atoms with Gasteiger partial charge in [0.2, 0.25) is 0 Å². The highest BCUT2D eigenvalue weighted by atomic mass is 16.5. The summed E-state index contributed by atoms with van der Waals surface area (Å²) in [5, 5.41) is 2.54. The highest BCUT2D eigenvalue weighted by Gasteiger charge is 2.29. The van der Waals surface area contributed by atoms with Crippen LogP contribution >= 0.6 is 0 Å². The van der Waals surface area contributed by atoms with Crippen LogP contribution in [0.15, 0.2) is 48.5 Å². The Balaban J connectivity index is 1.78. The standard InChI is InChI=1S/C26H25N3O5/c1-15-11-17(13-16-7-9-18(33-2)10-8-16)24-20(12-15)23(19-5-3-4-6-21(19)28-24)25(31)34-14-22(30)29-26(27)32/h3-10,13,15H,11-12,14H2,1-2H3,(H3,27,29,30,32). The summed E-state index contributed by atoms with van der Waals surface area (Å²) in [6.45, 7) is 1.51. The monoisotopic (exact) mass is 459 g/mol. The third-order valence-corrected chi connectivity index (χ3v) is 5.68. The van der Waals surface area contributed by atoms with Gasteiger partial charge in [-0.1, -0.05) is 37.3 Å². The molecule has 8 heteroatoms. The van der Waals surface area contributed by atoms with Gasteiger partial charge in [-0.05, 0) is 59.7 Å². The van der Waals surface area contributed by atoms with Crippen LogP contribution in [0.5, 0.6) is 5.75 Å². The van der Waals surface area contributed by atoms with Gasteiger partial charge in [0.15, 0.2) is 6.61 Å². The maximum Gasteiger partial charge on any atom is 0.339 e. The van der Waals surface area contributed by atoms with E-state index in [2.05, 4.69) is 13.0 Å². The Hall–Kier alpha value is -4.20. The minimum Gasteiger partial charge on any atom is -0.497 e. The van der Waals surface area contributed by atoms with Gasteiger partial charge in [-0.2, -0.15) is 0 Å². The number of benzene rings is 2. The van der Waals surface area contributed by atoms with Crippen LogP contribution in [0, 0.1) is 5.92 Å². The average molecular weight is 460 g/mol. The van der Waals surface area contributed by atoms with Crippen LogP contribution in [0.25, 0.3) is 22.6 Å². The number of nitrogens with zero attached hydrogens (tertiary/aromatic N) is 1. The first-order valence-corrected chi connectivity index (χ1v) is 10.9. The molecular formula is C26H25N3O5. The number of imide groups is 1. The molecule has 1 aliphatic carbocycles. The minimum absolute atomic E-state index is 0.268. The van der Waals surface area contributed by atoms with Crippen molar-refractivity contribution in [3.8, 4) is 5.75 Å². The molecule has 174 valence electrons. The predicted molar refractivity (Wildman–Crippen MR) is 128 cm³/mol. The van der Waals surface area contributed by atoms with Crippen molar-refractivity contribution in [1.29, 1.82) is 0 Å². The summed E-state index contributed by atoms with van der Waals surface area (Å²) >= 11 is 0. The number of hydrogen-bond donors (Lipinski definition) is 2. The molecule has 2 aromatic carbocycles. The van der Waals surface area contributed by atoms with Crippen molar-refractivity contribution in [2.75, 3.05) is 13.7 Å². The van der Waals surface area contributed by atoms with Crippen LogP contribution in [0.4, 0.5) is 4.79 Å². The second kappa shape index (κ2) is 9.74. The van der Waals surface area contributed by atoms with Crippen LogP contribution in [-0.4, -0.2) is 36.6 Å². The summed E-state index contributed by atoms with van der Waals surface area (Å²) in [5.41, 5.74) is 9.56. The molecule has 0 radical (unpaired) electrons. The van der Waals surface area contributed by atoms with Crippen molar-refractivity contribution in [1.82, 2.24) is 10.3 Å². The first-order valence-electron chi connectivity index (χ1n) is 10.9. The lowest BCUT2D eigenvalue weighted by Gasteiger charge is -2.26. The zero-order valence-corrected chi connectivity index (χ0v) is 19.0. The maximum atomic E-state index is 13.2. The third kappa shape index (κ3) is 4.91. The van der Waals surface area contributed by atoms with Gasteiger partial charge in [0, 0.05) is 5.39 Å². The normalized spacial score (nSPS) is 16.1. The molecule has 0 saturated carbocycles. The van der Waals surface area contributed by atoms with E-state index in [1.165, 1.54) is 0 Å². The number of ether oxygens (including phenoxy) is 2. The van der Waals surface area contributed by atoms with Crippen molar-refractivity contribution < 1.29 is 23.9 Å². The first-order chi connectivity index (χ1) is 16.4. The lowest BCUT2D eigenvalue weighted by atomic mass is 9.80. The molecule has 1 aromatic heterocycles. The molecule has 8 nitrogen and oxygen atoms in total. The fourth-order valence-electron chi connectivity index (χ4n) is 4.25. The maximum absolute atomic E-state index is 13.2. The molecule has 1 aliphatic rings. The number of fused-ring (bicyclic) bond motifs is 2. The number of nitrogens with two attached hydrogens (primary N) is 1. The van der Waals surface area contributed by atoms with E-state index in [1.54, 1.807) is 7.11 Å². The topological polar surface area (TPSA) is 121 Å². The molecule has 0 fully saturated rings. The SMILES string of the molecule is COc1ccc(C=C2CC(C)Cc3c2nc2ccccc2c3C(=O)OCC(=O)NC(N)=O)cc1. The van der Waals surface area contributed by atoms with Crippen molar-refractivity contribution >= 4 is 40.5 Å². The molecule has 1 atom stereocenters. The summed E-state index contributed by atoms with van der Waals surface area (Å²) < 4.78 is 10.5. The van der Waals surface area contributed by atoms with Crippen LogP contribution in [0.2, 0.25) is 0 Å². The molecule has 0 spiro atoms. The molecule has 3 aromatic rings. The van der Waals surface area contributed by atoms with Crippen LogP contribution in [-0.2, 0) is 16.0 Å². The number of nitrogens with one attached hydrogen (secondary N) is 1. The second-order valence-corrected chi connectivity index (χ2v) is 8.28. The van der Waals surface area contributed by atoms with Crippen LogP contribution in [0.3, 0.4) is 0 Å². The molecule has 4 rings (SSSR count). The van der Waals surface area contributed by atoms with E-state index < -0.39 is 24.5 Å². The molecule has 0 aliphatic heterocycles. The Morgan fingerprint density at radius 1 is 1.12 bits per heavy atom. The number of urea groups is 1. The third-order valence-electron chi connectivity index (χ3n) is 5.68. The van der Waals surface area contributed by atoms with E-state index in [4.69, 9.17) is 20.2 Å². The van der Waals surface area contributed by atoms with Gasteiger partial charge >= 0.3 is 12.0 Å². The fourth-order valence-corrected chi connectivity index (χ4v) is 4.25. The smallest absolute Gasteiger partial charge is 0.339 e. The number of methoxy groups -OCH3 is 1. The summed E-state index contributed by atoms with van der Waals surface area (Å²) in [7, 11) is 1.62. The van der Waals surface area contributed by atoms with E-state index >= 15 is 0 Å². The van der Waals surface area contributed by atoms with E-state index in [0.717, 1.165) is 34.6 Å². The van der Waals surface area contributed by atoms with Gasteiger partial charge < -0.3 is 15.2 Å². The first kappa shape index (κ1) is 23.0. The largest absolute Gasteiger partial charge is 0.497 e. The number of esters is 1. The van der Waals surface area contributed by atoms with Crippen molar-refractivity contribution in [2.24, 2.45) is 11.7 Å². The molecule has 0 bridgehead atoms. The lowest BCUT2D eigenvalue weighted by Crippen LogP contribution is -2.37. The lowest BCUT2D eigenvalue weighted by molar-refractivity contribution is -0.123. The van der Waals surface area contributed by atoms with Crippen molar-refractivity contribution in [2.45, 2.75) is 19.8 Å². The predicted octanol–water partition coefficient (Wildman–Crippen LogP) is 3.72. The van der Waals surface area contributed by atoms with Crippen LogP contribution < -0.4 is 15.8 Å². The van der Waals surface area contributed by atoms with E-state index in [-0.39, 0.29) is 5.92 Å². The average Bonchev–Trinajstić information content (AvgIpc) is 2.81. The minimum atomic E-state index is -1.00. The zero-order valence-electron chi connectivity index (χ0n) is 19.0. The molecule has 34 heavy (non-hydrogen) atoms. The molecular weight excluding hydrogens is 434 g/mol. The number of amides is 3. The zero-order chi connectivity index (χ0) is 24.2. The molecule has 3 amide bonds. The summed E-state index contributed by atoms with van der Waals surface area (Å²) in [5.74, 6) is -0.396. The molecule has 1 heterocycles. The molecule has 3 N–H and O–H groups in total. The number of para-hydroxylation sites is 1. The van der Waals surface area contributed by atoms with Gasteiger partial charge in [0.1, 0.15) is 5.75 Å². The quantitative estimate of drug-likeness (QED) is 0.561. The highest BCUT2D eigenvalue weighted by Crippen LogP contribution is 2.38. The number of allylic oxidation sites excluding steroid dienone is 1. The van der Waals surface area contributed by atoms with E-state index in [1.807, 2.05) is 53.8 Å². The number of pyridine rings is 1. The number of aromatic nitrogens is 1. The van der Waals surface area contributed by atoms with E-state index in [0.29, 0.717) is 22.9 Å². The summed E-state index contributed by atoms with van der Waals surface area (Å²) in [6, 6.07) is 14.1. The molecule has 1 unspecified atom stereocenters. The van der Waals surface area contributed by atoms with Crippen molar-refractivity contribution in [3.63, 3.8) is 0 Å². The highest BCUT2D eigenvalue weighted by molar-refractivity contribution is 6.07. The van der Waals surface area contributed by atoms with Gasteiger partial charge in [-0.25, -0.2) is 14.6 Å². The molecule has 0 saturated heterocycles. The Labute approximate surface area is 196 Å². The van der Waals surface area contributed by atoms with Gasteiger partial charge in [0.25, 0.3) is 5.91 Å². The van der Waals surface area contributed by atoms with Crippen molar-refractivity contribution in [3.05, 3.63) is 70.9 Å². The number of primary amides is 1. The number of carbonyl (C=O) groups is 3. The number of carbonyl (C=O) groups excluding carboxylic acids is 3. The Bertz CT molecular complexity index is 1300. The second-order valence-electron chi connectivity index (χ2n) is 8.28. The van der Waals surface area contributed by atoms with Gasteiger partial charge in [-0.3, -0.25) is 10.1 Å². The van der Waals surface area contributed by atoms with Gasteiger partial charge in [-0.15, -0.1) is 0 Å². The van der Waals surface area contributed by atoms with Crippen LogP contribution in [0.1, 0.15) is 40.5 Å². The number of hydrogen-bond acceptors (Lipinski definition) is 6. The Morgan fingerprint density at radius 2 is 1.85 bits per heavy atom. The fraction of sp³-hybridized carbons (Fsp3) is 0.231. The summed E-state index contributed by atoms with van der Waals surface area (Å²) in [4.78, 5) is 40.7. The Kier molecular flexibility index (Phi) is 6.58.